The number of benzene rings is 3. The van der Waals surface area contributed by atoms with Gasteiger partial charge in [0.25, 0.3) is 0 Å². The van der Waals surface area contributed by atoms with E-state index in [-0.39, 0.29) is 25.0 Å². The Labute approximate surface area is 263 Å². The van der Waals surface area contributed by atoms with Gasteiger partial charge in [0.2, 0.25) is 0 Å². The molecule has 3 aromatic carbocycles. The normalized spacial score (nSPS) is 25.9. The fraction of sp³-hybridized carbons (Fsp3) is 0.538. The Morgan fingerprint density at radius 3 is 1.36 bits per heavy atom. The molecular weight excluding hydrogens is 536 g/mol. The van der Waals surface area contributed by atoms with Crippen LogP contribution in [0.25, 0.3) is 27.5 Å². The Hall–Kier alpha value is -2.49. The van der Waals surface area contributed by atoms with Crippen molar-refractivity contribution in [2.45, 2.75) is 135 Å². The molecule has 6 aliphatic carbocycles. The Kier molecular flexibility index (Phi) is 5.13. The van der Waals surface area contributed by atoms with Gasteiger partial charge in [-0.2, -0.15) is 0 Å². The molecule has 0 spiro atoms. The van der Waals surface area contributed by atoms with E-state index in [0.717, 1.165) is 0 Å². The number of hydrogen-bond donors (Lipinski definition) is 0. The highest BCUT2D eigenvalue weighted by atomic mass is 16.5. The third-order valence-corrected chi connectivity index (χ3v) is 12.3. The van der Waals surface area contributed by atoms with Gasteiger partial charge in [-0.25, -0.2) is 0 Å². The molecule has 3 nitrogen and oxygen atoms in total. The van der Waals surface area contributed by atoms with Crippen molar-refractivity contribution in [3.05, 3.63) is 52.1 Å². The zero-order valence-corrected chi connectivity index (χ0v) is 27.7. The summed E-state index contributed by atoms with van der Waals surface area (Å²) in [5.41, 5.74) is 17.3. The van der Waals surface area contributed by atoms with Crippen LogP contribution in [0.5, 0.6) is 0 Å². The molecular formula is C39H45B2NO2. The zero-order valence-electron chi connectivity index (χ0n) is 27.7. The fourth-order valence-electron chi connectivity index (χ4n) is 10.9. The van der Waals surface area contributed by atoms with E-state index in [2.05, 4.69) is 77.3 Å². The van der Waals surface area contributed by atoms with Crippen molar-refractivity contribution in [3.8, 4) is 5.69 Å². The molecule has 2 aliphatic heterocycles. The van der Waals surface area contributed by atoms with Crippen molar-refractivity contribution in [1.29, 1.82) is 0 Å². The summed E-state index contributed by atoms with van der Waals surface area (Å²) in [4.78, 5) is 0. The van der Waals surface area contributed by atoms with Gasteiger partial charge in [0, 0.05) is 27.7 Å². The van der Waals surface area contributed by atoms with Crippen LogP contribution in [0.1, 0.15) is 144 Å². The van der Waals surface area contributed by atoms with Gasteiger partial charge in [-0.15, -0.1) is 0 Å². The van der Waals surface area contributed by atoms with E-state index in [9.17, 15) is 0 Å². The molecule has 0 atom stereocenters. The first-order valence-corrected chi connectivity index (χ1v) is 17.7. The number of rotatable bonds is 2. The van der Waals surface area contributed by atoms with E-state index in [0.29, 0.717) is 23.7 Å². The summed E-state index contributed by atoms with van der Waals surface area (Å²) < 4.78 is 17.3. The lowest BCUT2D eigenvalue weighted by atomic mass is 9.44. The van der Waals surface area contributed by atoms with E-state index in [1.165, 1.54) is 106 Å². The number of aromatic nitrogens is 1. The minimum Gasteiger partial charge on any atom is -0.422 e. The molecule has 3 heterocycles. The summed E-state index contributed by atoms with van der Waals surface area (Å²) in [6.07, 6.45) is 10.7. The first kappa shape index (κ1) is 26.7. The van der Waals surface area contributed by atoms with Gasteiger partial charge in [-0.1, -0.05) is 17.7 Å². The predicted octanol–water partition coefficient (Wildman–Crippen LogP) is 7.07. The van der Waals surface area contributed by atoms with Gasteiger partial charge in [-0.05, 0) is 180 Å². The smallest absolute Gasteiger partial charge is 0.366 e. The molecule has 0 saturated heterocycles. The first-order valence-electron chi connectivity index (χ1n) is 17.7. The van der Waals surface area contributed by atoms with Crippen LogP contribution in [0.15, 0.2) is 24.3 Å². The monoisotopic (exact) mass is 581 g/mol. The molecule has 0 N–H and O–H groups in total. The molecule has 12 rings (SSSR count). The van der Waals surface area contributed by atoms with Gasteiger partial charge in [0.05, 0.1) is 11.0 Å². The molecule has 224 valence electrons. The van der Waals surface area contributed by atoms with Crippen LogP contribution in [-0.2, 0) is 9.31 Å². The number of hydrogen-bond acceptors (Lipinski definition) is 2. The van der Waals surface area contributed by atoms with E-state index < -0.39 is 0 Å². The van der Waals surface area contributed by atoms with E-state index in [4.69, 9.17) is 9.31 Å². The molecule has 2 saturated carbocycles. The van der Waals surface area contributed by atoms with Crippen LogP contribution < -0.4 is 21.9 Å². The molecule has 44 heavy (non-hydrogen) atoms. The summed E-state index contributed by atoms with van der Waals surface area (Å²) in [6, 6.07) is 10.3. The topological polar surface area (TPSA) is 23.4 Å². The van der Waals surface area contributed by atoms with Crippen LogP contribution in [-0.4, -0.2) is 29.6 Å². The van der Waals surface area contributed by atoms with Crippen LogP contribution in [0.4, 0.5) is 0 Å². The van der Waals surface area contributed by atoms with Gasteiger partial charge < -0.3 is 13.9 Å². The van der Waals surface area contributed by atoms with Crippen LogP contribution >= 0.6 is 0 Å². The standard InChI is InChI=1S/C39H45B2NO2/c1-20-16-29-37-30(17-20)41(44-39(5,6)7)34-32-24-14-10-22(11-15-24)26(32)19-28-27-18-25-21-8-12-23(13-9-21)31(25)33(35(27)42(37)36(28)34)40(29)43-38(2,3)4/h16-19,21-24H,8-15H2,1-7H3. The molecule has 4 bridgehead atoms. The van der Waals surface area contributed by atoms with Crippen molar-refractivity contribution in [3.63, 3.8) is 0 Å². The Bertz CT molecular complexity index is 1810. The van der Waals surface area contributed by atoms with Gasteiger partial charge in [0.1, 0.15) is 0 Å². The minimum absolute atomic E-state index is 0.0695. The summed E-state index contributed by atoms with van der Waals surface area (Å²) in [7, 11) is 0. The summed E-state index contributed by atoms with van der Waals surface area (Å²) in [6.45, 7) is 15.6. The van der Waals surface area contributed by atoms with E-state index >= 15 is 0 Å². The second-order valence-corrected chi connectivity index (χ2v) is 17.3. The molecule has 0 unspecified atom stereocenters. The van der Waals surface area contributed by atoms with Crippen molar-refractivity contribution < 1.29 is 9.31 Å². The largest absolute Gasteiger partial charge is 0.422 e. The molecule has 4 aromatic rings. The van der Waals surface area contributed by atoms with Crippen molar-refractivity contribution >= 4 is 57.5 Å². The second-order valence-electron chi connectivity index (χ2n) is 17.3. The average molecular weight is 581 g/mol. The maximum absolute atomic E-state index is 7.28. The zero-order chi connectivity index (χ0) is 30.0. The van der Waals surface area contributed by atoms with Crippen LogP contribution in [0.3, 0.4) is 0 Å². The lowest BCUT2D eigenvalue weighted by molar-refractivity contribution is 0.136. The number of fused-ring (bicyclic) bond motifs is 5. The summed E-state index contributed by atoms with van der Waals surface area (Å²) in [5.74, 6) is 2.69. The SMILES string of the molecule is Cc1cc2c3c(c1)B(OC(C)(C)C)c1c4c(cc5c6cc7c(c(c6n-3c15)B2OC(C)(C)C)C1CCC7CC1)C1CCC4CC1. The fourth-order valence-corrected chi connectivity index (χ4v) is 10.9. The van der Waals surface area contributed by atoms with Crippen LogP contribution in [0.2, 0.25) is 0 Å². The Morgan fingerprint density at radius 2 is 0.977 bits per heavy atom. The Morgan fingerprint density at radius 1 is 0.591 bits per heavy atom. The maximum Gasteiger partial charge on any atom is 0.366 e. The summed E-state index contributed by atoms with van der Waals surface area (Å²) in [5, 5.41) is 2.95. The quantitative estimate of drug-likeness (QED) is 0.237. The average Bonchev–Trinajstić information content (AvgIpc) is 3.30. The lowest BCUT2D eigenvalue weighted by Crippen LogP contribution is -2.62. The van der Waals surface area contributed by atoms with Gasteiger partial charge in [0.15, 0.2) is 0 Å². The molecule has 5 heteroatoms. The van der Waals surface area contributed by atoms with Crippen molar-refractivity contribution in [2.24, 2.45) is 0 Å². The van der Waals surface area contributed by atoms with E-state index in [1.54, 1.807) is 22.3 Å². The highest BCUT2D eigenvalue weighted by Gasteiger charge is 2.50. The third-order valence-electron chi connectivity index (χ3n) is 12.3. The minimum atomic E-state index is -0.266. The van der Waals surface area contributed by atoms with Crippen molar-refractivity contribution in [2.75, 3.05) is 0 Å². The summed E-state index contributed by atoms with van der Waals surface area (Å²) >= 11 is 0. The lowest BCUT2D eigenvalue weighted by Gasteiger charge is -2.44. The second kappa shape index (κ2) is 8.45. The molecule has 8 aliphatic rings. The number of nitrogens with zero attached hydrogens (tertiary/aromatic N) is 1. The van der Waals surface area contributed by atoms with Gasteiger partial charge in [-0.3, -0.25) is 0 Å². The number of aryl methyl sites for hydroxylation is 1. The van der Waals surface area contributed by atoms with E-state index in [1.807, 2.05) is 0 Å². The molecule has 0 amide bonds. The molecule has 2 fully saturated rings. The highest BCUT2D eigenvalue weighted by molar-refractivity contribution is 6.89. The first-order chi connectivity index (χ1) is 21.0. The van der Waals surface area contributed by atoms with Gasteiger partial charge >= 0.3 is 13.8 Å². The molecule has 1 aromatic heterocycles. The Balaban J connectivity index is 1.44. The molecule has 0 radical (unpaired) electrons. The third kappa shape index (κ3) is 3.39. The maximum atomic E-state index is 7.28. The highest BCUT2D eigenvalue weighted by Crippen LogP contribution is 2.54. The van der Waals surface area contributed by atoms with Crippen LogP contribution in [0, 0.1) is 6.92 Å². The predicted molar refractivity (Wildman–Crippen MR) is 185 cm³/mol. The van der Waals surface area contributed by atoms with Crippen molar-refractivity contribution in [1.82, 2.24) is 4.57 Å².